The molecule has 6 nitrogen and oxygen atoms in total. The quantitative estimate of drug-likeness (QED) is 0.463. The lowest BCUT2D eigenvalue weighted by molar-refractivity contribution is 0.110. The summed E-state index contributed by atoms with van der Waals surface area (Å²) in [6, 6.07) is 14.3. The second-order valence-corrected chi connectivity index (χ2v) is 11.5. The van der Waals surface area contributed by atoms with Gasteiger partial charge in [-0.2, -0.15) is 0 Å². The number of amides is 1. The van der Waals surface area contributed by atoms with Crippen LogP contribution in [-0.2, 0) is 5.41 Å². The molecule has 0 radical (unpaired) electrons. The van der Waals surface area contributed by atoms with Crippen molar-refractivity contribution in [3.05, 3.63) is 53.7 Å². The lowest BCUT2D eigenvalue weighted by Gasteiger charge is -2.53. The molecule has 0 bridgehead atoms. The first-order chi connectivity index (χ1) is 16.8. The van der Waals surface area contributed by atoms with Crippen molar-refractivity contribution in [3.8, 4) is 17.0 Å². The maximum atomic E-state index is 12.9. The van der Waals surface area contributed by atoms with Crippen LogP contribution in [0.15, 0.2) is 42.5 Å². The lowest BCUT2D eigenvalue weighted by atomic mass is 9.50. The topological polar surface area (TPSA) is 58.6 Å². The molecule has 1 saturated carbocycles. The predicted molar refractivity (Wildman–Crippen MR) is 138 cm³/mol. The number of fused-ring (bicyclic) bond motifs is 7. The Labute approximate surface area is 207 Å². The van der Waals surface area contributed by atoms with E-state index in [-0.39, 0.29) is 22.8 Å². The molecule has 2 fully saturated rings. The van der Waals surface area contributed by atoms with Gasteiger partial charge in [0.25, 0.3) is 0 Å². The highest BCUT2D eigenvalue weighted by Crippen LogP contribution is 2.62. The second kappa shape index (κ2) is 8.02. The average Bonchev–Trinajstić information content (AvgIpc) is 2.83. The van der Waals surface area contributed by atoms with E-state index in [1.54, 1.807) is 4.90 Å². The van der Waals surface area contributed by atoms with E-state index in [0.29, 0.717) is 18.8 Å². The molecule has 1 amide bonds. The van der Waals surface area contributed by atoms with Crippen LogP contribution in [0.2, 0.25) is 0 Å². The molecule has 2 aromatic carbocycles. The standard InChI is InChI=1S/C29H34N4O2/c1-28(2)12-7-13-29(3)21-11-10-19(35-27(34)33-16-14-32(4)15-17-33)18-20(21)24-25(26(28)29)31-23-9-6-5-8-22(23)30-24/h5-6,8-11,18,26H,7,12-17H2,1-4H3/t26-,29-/m1/s1. The van der Waals surface area contributed by atoms with Crippen LogP contribution in [0.4, 0.5) is 4.79 Å². The maximum Gasteiger partial charge on any atom is 0.415 e. The molecule has 2 aliphatic carbocycles. The molecule has 1 aliphatic heterocycles. The number of hydrogen-bond acceptors (Lipinski definition) is 5. The molecule has 0 spiro atoms. The number of aromatic nitrogens is 2. The van der Waals surface area contributed by atoms with E-state index < -0.39 is 0 Å². The number of nitrogens with zero attached hydrogens (tertiary/aromatic N) is 4. The molecule has 3 aromatic rings. The summed E-state index contributed by atoms with van der Waals surface area (Å²) in [7, 11) is 2.08. The Morgan fingerprint density at radius 1 is 0.971 bits per heavy atom. The van der Waals surface area contributed by atoms with Crippen molar-refractivity contribution >= 4 is 17.1 Å². The third kappa shape index (κ3) is 3.61. The molecule has 182 valence electrons. The fourth-order valence-electron chi connectivity index (χ4n) is 6.87. The van der Waals surface area contributed by atoms with Gasteiger partial charge < -0.3 is 14.5 Å². The Kier molecular flexibility index (Phi) is 5.15. The summed E-state index contributed by atoms with van der Waals surface area (Å²) in [6.07, 6.45) is 3.21. The van der Waals surface area contributed by atoms with Crippen LogP contribution in [0.5, 0.6) is 5.75 Å². The van der Waals surface area contributed by atoms with Gasteiger partial charge in [-0.1, -0.05) is 45.4 Å². The Morgan fingerprint density at radius 3 is 2.43 bits per heavy atom. The van der Waals surface area contributed by atoms with Gasteiger partial charge in [-0.15, -0.1) is 0 Å². The fourth-order valence-corrected chi connectivity index (χ4v) is 6.87. The van der Waals surface area contributed by atoms with E-state index in [1.165, 1.54) is 18.4 Å². The van der Waals surface area contributed by atoms with E-state index in [1.807, 2.05) is 30.3 Å². The van der Waals surface area contributed by atoms with Gasteiger partial charge in [0, 0.05) is 43.1 Å². The SMILES string of the molecule is CN1CCN(C(=O)Oc2ccc3c(c2)-c2nc4ccccc4nc2[C@@H]2C(C)(C)CCC[C@]32C)CC1. The third-order valence-corrected chi connectivity index (χ3v) is 8.63. The highest BCUT2D eigenvalue weighted by Gasteiger charge is 2.53. The van der Waals surface area contributed by atoms with Crippen LogP contribution in [0, 0.1) is 5.41 Å². The van der Waals surface area contributed by atoms with Crippen LogP contribution < -0.4 is 4.74 Å². The van der Waals surface area contributed by atoms with Crippen LogP contribution >= 0.6 is 0 Å². The van der Waals surface area contributed by atoms with Crippen LogP contribution in [0.3, 0.4) is 0 Å². The predicted octanol–water partition coefficient (Wildman–Crippen LogP) is 5.61. The lowest BCUT2D eigenvalue weighted by Crippen LogP contribution is -2.48. The van der Waals surface area contributed by atoms with Crippen molar-refractivity contribution in [1.29, 1.82) is 0 Å². The highest BCUT2D eigenvalue weighted by molar-refractivity contribution is 5.82. The van der Waals surface area contributed by atoms with Gasteiger partial charge >= 0.3 is 6.09 Å². The summed E-state index contributed by atoms with van der Waals surface area (Å²) < 4.78 is 5.89. The number of benzene rings is 2. The van der Waals surface area contributed by atoms with Gasteiger partial charge in [-0.05, 0) is 55.1 Å². The summed E-state index contributed by atoms with van der Waals surface area (Å²) >= 11 is 0. The molecule has 1 aromatic heterocycles. The number of para-hydroxylation sites is 2. The minimum atomic E-state index is -0.276. The van der Waals surface area contributed by atoms with Crippen LogP contribution in [0.25, 0.3) is 22.3 Å². The average molecular weight is 471 g/mol. The van der Waals surface area contributed by atoms with Crippen molar-refractivity contribution in [2.24, 2.45) is 5.41 Å². The van der Waals surface area contributed by atoms with E-state index in [0.717, 1.165) is 47.5 Å². The molecule has 1 saturated heterocycles. The minimum absolute atomic E-state index is 0.0405. The zero-order chi connectivity index (χ0) is 24.4. The Bertz CT molecular complexity index is 1310. The van der Waals surface area contributed by atoms with Gasteiger partial charge in [-0.25, -0.2) is 14.8 Å². The Morgan fingerprint density at radius 2 is 1.69 bits per heavy atom. The molecule has 3 aliphatic rings. The molecule has 0 N–H and O–H groups in total. The summed E-state index contributed by atoms with van der Waals surface area (Å²) in [4.78, 5) is 27.3. The van der Waals surface area contributed by atoms with Crippen molar-refractivity contribution in [2.75, 3.05) is 33.2 Å². The van der Waals surface area contributed by atoms with E-state index in [9.17, 15) is 4.79 Å². The molecule has 0 unspecified atom stereocenters. The maximum absolute atomic E-state index is 12.9. The van der Waals surface area contributed by atoms with Crippen molar-refractivity contribution in [2.45, 2.75) is 51.4 Å². The van der Waals surface area contributed by atoms with Crippen molar-refractivity contribution in [3.63, 3.8) is 0 Å². The van der Waals surface area contributed by atoms with Gasteiger partial charge in [0.15, 0.2) is 0 Å². The van der Waals surface area contributed by atoms with Crippen molar-refractivity contribution in [1.82, 2.24) is 19.8 Å². The van der Waals surface area contributed by atoms with Gasteiger partial charge in [0.1, 0.15) is 5.75 Å². The summed E-state index contributed by atoms with van der Waals surface area (Å²) in [6.45, 7) is 10.3. The largest absolute Gasteiger partial charge is 0.415 e. The first-order valence-electron chi connectivity index (χ1n) is 12.8. The number of carbonyl (C=O) groups is 1. The van der Waals surface area contributed by atoms with E-state index in [4.69, 9.17) is 14.7 Å². The number of piperazine rings is 1. The summed E-state index contributed by atoms with van der Waals surface area (Å²) in [5.41, 5.74) is 6.29. The van der Waals surface area contributed by atoms with Gasteiger partial charge in [0.2, 0.25) is 0 Å². The molecule has 35 heavy (non-hydrogen) atoms. The number of rotatable bonds is 1. The highest BCUT2D eigenvalue weighted by atomic mass is 16.6. The first-order valence-corrected chi connectivity index (χ1v) is 12.8. The molecule has 6 heteroatoms. The molecular weight excluding hydrogens is 436 g/mol. The second-order valence-electron chi connectivity index (χ2n) is 11.5. The normalized spacial score (nSPS) is 25.5. The first kappa shape index (κ1) is 22.5. The zero-order valence-corrected chi connectivity index (χ0v) is 21.2. The number of carbonyl (C=O) groups excluding carboxylic acids is 1. The van der Waals surface area contributed by atoms with E-state index >= 15 is 0 Å². The fraction of sp³-hybridized carbons (Fsp3) is 0.483. The van der Waals surface area contributed by atoms with Crippen molar-refractivity contribution < 1.29 is 9.53 Å². The Hall–Kier alpha value is -2.99. The van der Waals surface area contributed by atoms with E-state index in [2.05, 4.69) is 44.9 Å². The smallest absolute Gasteiger partial charge is 0.410 e. The summed E-state index contributed by atoms with van der Waals surface area (Å²) in [5.74, 6) is 0.854. The number of likely N-dealkylation sites (N-methyl/N-ethyl adjacent to an activating group) is 1. The van der Waals surface area contributed by atoms with Gasteiger partial charge in [-0.3, -0.25) is 0 Å². The van der Waals surface area contributed by atoms with Crippen LogP contribution in [-0.4, -0.2) is 59.1 Å². The minimum Gasteiger partial charge on any atom is -0.410 e. The molecule has 6 rings (SSSR count). The zero-order valence-electron chi connectivity index (χ0n) is 21.2. The number of ether oxygens (including phenoxy) is 1. The molecular formula is C29H34N4O2. The molecule has 2 heterocycles. The number of hydrogen-bond donors (Lipinski definition) is 0. The van der Waals surface area contributed by atoms with Crippen LogP contribution in [0.1, 0.15) is 57.2 Å². The summed E-state index contributed by atoms with van der Waals surface area (Å²) in [5, 5.41) is 0. The Balaban J connectivity index is 1.46. The third-order valence-electron chi connectivity index (χ3n) is 8.63. The monoisotopic (exact) mass is 470 g/mol. The van der Waals surface area contributed by atoms with Gasteiger partial charge in [0.05, 0.1) is 22.4 Å². The molecule has 2 atom stereocenters.